The highest BCUT2D eigenvalue weighted by atomic mass is 32.1. The second-order valence-corrected chi connectivity index (χ2v) is 16.0. The molecule has 0 radical (unpaired) electrons. The molecule has 61 heavy (non-hydrogen) atoms. The third-order valence-electron chi connectivity index (χ3n) is 11.2. The maximum atomic E-state index is 5.31. The molecule has 11 aromatic rings. The van der Waals surface area contributed by atoms with Crippen molar-refractivity contribution in [1.29, 1.82) is 0 Å². The lowest BCUT2D eigenvalue weighted by molar-refractivity contribution is 1.07. The fourth-order valence-corrected chi connectivity index (χ4v) is 9.46. The Labute approximate surface area is 358 Å². The van der Waals surface area contributed by atoms with E-state index in [4.69, 9.17) is 19.9 Å². The fraction of sp³-hybridized carbons (Fsp3) is 0. The predicted octanol–water partition coefficient (Wildman–Crippen LogP) is 15.0. The van der Waals surface area contributed by atoms with Crippen molar-refractivity contribution in [3.8, 4) is 89.2 Å². The Balaban J connectivity index is 1.04. The Morgan fingerprint density at radius 3 is 1.11 bits per heavy atom. The predicted molar refractivity (Wildman–Crippen MR) is 254 cm³/mol. The smallest absolute Gasteiger partial charge is 0.164 e. The Morgan fingerprint density at radius 2 is 0.639 bits per heavy atom. The van der Waals surface area contributed by atoms with Crippen LogP contribution in [0.25, 0.3) is 110 Å². The SMILES string of the molecule is c1ccc(-c2ccc(-c3nc(-c4ccc(-c5ccccc5)cc4)nc(-c4ccc(-c5sc6c(c(-c7ccccc7)nc7ccccc76)c5-c5ccccc5)cc4)n3)cc2)cc1. The summed E-state index contributed by atoms with van der Waals surface area (Å²) in [6, 6.07) is 76.2. The molecule has 0 N–H and O–H groups in total. The minimum Gasteiger partial charge on any atom is -0.247 e. The topological polar surface area (TPSA) is 51.6 Å². The molecule has 0 aliphatic carbocycles. The average molecular weight is 797 g/mol. The van der Waals surface area contributed by atoms with Crippen LogP contribution in [-0.4, -0.2) is 19.9 Å². The van der Waals surface area contributed by atoms with Crippen molar-refractivity contribution in [1.82, 2.24) is 19.9 Å². The summed E-state index contributed by atoms with van der Waals surface area (Å²) in [6.07, 6.45) is 0. The molecular formula is C56H36N4S. The second-order valence-electron chi connectivity index (χ2n) is 15.0. The Bertz CT molecular complexity index is 3190. The van der Waals surface area contributed by atoms with Crippen molar-refractivity contribution < 1.29 is 0 Å². The molecular weight excluding hydrogens is 761 g/mol. The van der Waals surface area contributed by atoms with Crippen LogP contribution in [0.2, 0.25) is 0 Å². The molecule has 3 aromatic heterocycles. The van der Waals surface area contributed by atoms with Gasteiger partial charge in [-0.15, -0.1) is 11.3 Å². The van der Waals surface area contributed by atoms with Gasteiger partial charge in [0.1, 0.15) is 0 Å². The monoisotopic (exact) mass is 796 g/mol. The molecule has 0 unspecified atom stereocenters. The van der Waals surface area contributed by atoms with E-state index < -0.39 is 0 Å². The van der Waals surface area contributed by atoms with Gasteiger partial charge in [-0.1, -0.05) is 212 Å². The molecule has 0 bridgehead atoms. The van der Waals surface area contributed by atoms with Crippen molar-refractivity contribution in [3.05, 3.63) is 218 Å². The average Bonchev–Trinajstić information content (AvgIpc) is 3.76. The summed E-state index contributed by atoms with van der Waals surface area (Å²) in [6.45, 7) is 0. The zero-order chi connectivity index (χ0) is 40.5. The summed E-state index contributed by atoms with van der Waals surface area (Å²) in [7, 11) is 0. The number of para-hydroxylation sites is 1. The zero-order valence-corrected chi connectivity index (χ0v) is 33.8. The summed E-state index contributed by atoms with van der Waals surface area (Å²) < 4.78 is 1.23. The van der Waals surface area contributed by atoms with E-state index in [0.717, 1.165) is 61.1 Å². The van der Waals surface area contributed by atoms with E-state index in [1.165, 1.54) is 31.7 Å². The van der Waals surface area contributed by atoms with Crippen molar-refractivity contribution >= 4 is 32.3 Å². The normalized spacial score (nSPS) is 11.3. The van der Waals surface area contributed by atoms with Gasteiger partial charge in [0.05, 0.1) is 11.2 Å². The van der Waals surface area contributed by atoms with E-state index in [-0.39, 0.29) is 0 Å². The fourth-order valence-electron chi connectivity index (χ4n) is 8.09. The number of hydrogen-bond acceptors (Lipinski definition) is 5. The van der Waals surface area contributed by atoms with Gasteiger partial charge in [-0.25, -0.2) is 19.9 Å². The molecule has 0 spiro atoms. The third-order valence-corrected chi connectivity index (χ3v) is 12.4. The van der Waals surface area contributed by atoms with E-state index in [2.05, 4.69) is 206 Å². The van der Waals surface area contributed by atoms with Gasteiger partial charge in [0.2, 0.25) is 0 Å². The molecule has 4 nitrogen and oxygen atoms in total. The lowest BCUT2D eigenvalue weighted by Gasteiger charge is -2.11. The molecule has 0 amide bonds. The van der Waals surface area contributed by atoms with E-state index in [9.17, 15) is 0 Å². The number of nitrogens with zero attached hydrogens (tertiary/aromatic N) is 4. The highest BCUT2D eigenvalue weighted by Crippen LogP contribution is 2.50. The molecule has 0 saturated carbocycles. The number of rotatable bonds is 8. The first kappa shape index (κ1) is 36.2. The first-order valence-corrected chi connectivity index (χ1v) is 21.2. The quantitative estimate of drug-likeness (QED) is 0.154. The minimum absolute atomic E-state index is 0.618. The standard InChI is InChI=1S/C56H36N4S/c1-5-15-37(16-6-1)39-25-31-44(32-26-39)54-58-55(45-33-27-40(28-34-45)38-17-7-2-8-18-38)60-56(59-54)46-35-29-43(30-36-46)52-49(41-19-9-3-10-20-41)50-51(42-21-11-4-12-22-42)57-48-24-14-13-23-47(48)53(50)61-52/h1-36H. The molecule has 0 aliphatic heterocycles. The van der Waals surface area contributed by atoms with Crippen LogP contribution in [0.3, 0.4) is 0 Å². The lowest BCUT2D eigenvalue weighted by atomic mass is 9.95. The van der Waals surface area contributed by atoms with Crippen LogP contribution in [0.4, 0.5) is 0 Å². The first-order valence-electron chi connectivity index (χ1n) is 20.4. The van der Waals surface area contributed by atoms with E-state index in [1.807, 2.05) is 23.5 Å². The number of aromatic nitrogens is 4. The Hall–Kier alpha value is -7.86. The second kappa shape index (κ2) is 15.7. The Kier molecular flexibility index (Phi) is 9.34. The lowest BCUT2D eigenvalue weighted by Crippen LogP contribution is -2.00. The molecule has 286 valence electrons. The van der Waals surface area contributed by atoms with Crippen LogP contribution in [0.15, 0.2) is 218 Å². The van der Waals surface area contributed by atoms with Crippen LogP contribution in [0.1, 0.15) is 0 Å². The first-order chi connectivity index (χ1) is 30.2. The van der Waals surface area contributed by atoms with Gasteiger partial charge < -0.3 is 0 Å². The van der Waals surface area contributed by atoms with Crippen molar-refractivity contribution in [2.24, 2.45) is 0 Å². The van der Waals surface area contributed by atoms with Gasteiger partial charge in [0.25, 0.3) is 0 Å². The van der Waals surface area contributed by atoms with Crippen molar-refractivity contribution in [3.63, 3.8) is 0 Å². The van der Waals surface area contributed by atoms with E-state index >= 15 is 0 Å². The summed E-state index contributed by atoms with van der Waals surface area (Å²) in [5.74, 6) is 1.87. The largest absolute Gasteiger partial charge is 0.247 e. The number of hydrogen-bond donors (Lipinski definition) is 0. The molecule has 0 saturated heterocycles. The van der Waals surface area contributed by atoms with Crippen LogP contribution in [0.5, 0.6) is 0 Å². The van der Waals surface area contributed by atoms with Crippen molar-refractivity contribution in [2.75, 3.05) is 0 Å². The maximum absolute atomic E-state index is 5.31. The molecule has 0 atom stereocenters. The molecule has 0 aliphatic rings. The third kappa shape index (κ3) is 6.97. The van der Waals surface area contributed by atoms with Crippen molar-refractivity contribution in [2.45, 2.75) is 0 Å². The van der Waals surface area contributed by atoms with Gasteiger partial charge in [-0.2, -0.15) is 0 Å². The highest BCUT2D eigenvalue weighted by Gasteiger charge is 2.23. The van der Waals surface area contributed by atoms with Gasteiger partial charge in [0.15, 0.2) is 17.5 Å². The summed E-state index contributed by atoms with van der Waals surface area (Å²) >= 11 is 1.83. The van der Waals surface area contributed by atoms with Crippen LogP contribution in [-0.2, 0) is 0 Å². The van der Waals surface area contributed by atoms with Crippen LogP contribution < -0.4 is 0 Å². The number of thiophene rings is 1. The summed E-state index contributed by atoms with van der Waals surface area (Å²) in [5.41, 5.74) is 13.9. The molecule has 8 aromatic carbocycles. The van der Waals surface area contributed by atoms with Gasteiger partial charge in [-0.05, 0) is 39.4 Å². The number of fused-ring (bicyclic) bond motifs is 3. The maximum Gasteiger partial charge on any atom is 0.164 e. The van der Waals surface area contributed by atoms with Crippen LogP contribution in [0, 0.1) is 0 Å². The zero-order valence-electron chi connectivity index (χ0n) is 33.0. The highest BCUT2D eigenvalue weighted by molar-refractivity contribution is 7.24. The van der Waals surface area contributed by atoms with Gasteiger partial charge in [0, 0.05) is 48.2 Å². The molecule has 0 fully saturated rings. The summed E-state index contributed by atoms with van der Waals surface area (Å²) in [5, 5.41) is 2.32. The summed E-state index contributed by atoms with van der Waals surface area (Å²) in [4.78, 5) is 21.8. The Morgan fingerprint density at radius 1 is 0.279 bits per heavy atom. The minimum atomic E-state index is 0.618. The van der Waals surface area contributed by atoms with E-state index in [1.54, 1.807) is 0 Å². The molecule has 5 heteroatoms. The number of benzene rings is 8. The van der Waals surface area contributed by atoms with Gasteiger partial charge in [-0.3, -0.25) is 0 Å². The molecule has 3 heterocycles. The van der Waals surface area contributed by atoms with E-state index in [0.29, 0.717) is 17.5 Å². The molecule has 11 rings (SSSR count). The number of pyridine rings is 1. The van der Waals surface area contributed by atoms with Gasteiger partial charge >= 0.3 is 0 Å². The van der Waals surface area contributed by atoms with Crippen LogP contribution >= 0.6 is 11.3 Å².